The van der Waals surface area contributed by atoms with Crippen LogP contribution < -0.4 is 4.74 Å². The maximum atomic E-state index is 6.14. The van der Waals surface area contributed by atoms with E-state index in [2.05, 4.69) is 76.1 Å². The molecule has 142 valence electrons. The van der Waals surface area contributed by atoms with E-state index < -0.39 is 0 Å². The molecule has 0 aliphatic rings. The van der Waals surface area contributed by atoms with Gasteiger partial charge in [0.2, 0.25) is 5.88 Å². The second kappa shape index (κ2) is 7.40. The first-order valence-corrected chi connectivity index (χ1v) is 9.74. The highest BCUT2D eigenvalue weighted by Gasteiger charge is 2.16. The molecule has 2 aromatic carbocycles. The van der Waals surface area contributed by atoms with Crippen LogP contribution in [0.2, 0.25) is 0 Å². The summed E-state index contributed by atoms with van der Waals surface area (Å²) >= 11 is 0. The predicted octanol–water partition coefficient (Wildman–Crippen LogP) is 5.52. The maximum absolute atomic E-state index is 6.14. The number of ether oxygens (including phenoxy) is 1. The molecule has 0 aliphatic heterocycles. The number of hydrogen-bond donors (Lipinski definition) is 0. The average Bonchev–Trinajstić information content (AvgIpc) is 3.09. The Morgan fingerprint density at radius 2 is 1.62 bits per heavy atom. The molecule has 0 bridgehead atoms. The highest BCUT2D eigenvalue weighted by atomic mass is 16.5. The summed E-state index contributed by atoms with van der Waals surface area (Å²) in [7, 11) is 0. The molecule has 0 atom stereocenters. The van der Waals surface area contributed by atoms with E-state index in [1.165, 1.54) is 22.0 Å². The summed E-state index contributed by atoms with van der Waals surface area (Å²) in [6.07, 6.45) is 3.60. The van der Waals surface area contributed by atoms with Gasteiger partial charge in [-0.15, -0.1) is 0 Å². The van der Waals surface area contributed by atoms with Crippen molar-refractivity contribution in [2.45, 2.75) is 20.1 Å². The third-order valence-corrected chi connectivity index (χ3v) is 5.19. The summed E-state index contributed by atoms with van der Waals surface area (Å²) in [5.74, 6) is 0.636. The summed E-state index contributed by atoms with van der Waals surface area (Å²) in [5, 5.41) is 2.36. The molecule has 0 unspecified atom stereocenters. The molecule has 0 spiro atoms. The number of nitrogens with zero attached hydrogens (tertiary/aromatic N) is 3. The minimum absolute atomic E-state index is 0.388. The summed E-state index contributed by atoms with van der Waals surface area (Å²) in [6, 6.07) is 25.0. The summed E-state index contributed by atoms with van der Waals surface area (Å²) in [6.45, 7) is 3.26. The van der Waals surface area contributed by atoms with Gasteiger partial charge in [-0.3, -0.25) is 4.98 Å². The molecule has 0 fully saturated rings. The van der Waals surface area contributed by atoms with Crippen molar-refractivity contribution in [3.05, 3.63) is 102 Å². The van der Waals surface area contributed by atoms with E-state index in [1.807, 2.05) is 24.4 Å². The number of fused-ring (bicyclic) bond motifs is 3. The van der Waals surface area contributed by atoms with Gasteiger partial charge in [0.25, 0.3) is 0 Å². The maximum Gasteiger partial charge on any atom is 0.238 e. The Hall–Kier alpha value is -3.66. The summed E-state index contributed by atoms with van der Waals surface area (Å²) in [5.41, 5.74) is 5.59. The van der Waals surface area contributed by atoms with Gasteiger partial charge in [0.1, 0.15) is 12.1 Å². The quantitative estimate of drug-likeness (QED) is 0.404. The SMILES string of the molecule is Cc1ccc(Cn2c3ccccc3c3ccnc(OCc4ccccn4)c32)cc1. The van der Waals surface area contributed by atoms with Gasteiger partial charge in [-0.1, -0.05) is 54.1 Å². The largest absolute Gasteiger partial charge is 0.470 e. The Morgan fingerprint density at radius 3 is 2.45 bits per heavy atom. The van der Waals surface area contributed by atoms with Crippen LogP contribution in [0.5, 0.6) is 5.88 Å². The van der Waals surface area contributed by atoms with Crippen molar-refractivity contribution >= 4 is 21.8 Å². The van der Waals surface area contributed by atoms with Crippen LogP contribution in [-0.4, -0.2) is 14.5 Å². The predicted molar refractivity (Wildman–Crippen MR) is 116 cm³/mol. The number of pyridine rings is 2. The lowest BCUT2D eigenvalue weighted by Gasteiger charge is -2.11. The van der Waals surface area contributed by atoms with Gasteiger partial charge in [-0.25, -0.2) is 4.98 Å². The van der Waals surface area contributed by atoms with Crippen LogP contribution in [0.15, 0.2) is 85.2 Å². The zero-order valence-electron chi connectivity index (χ0n) is 16.2. The Bertz CT molecular complexity index is 1270. The molecule has 4 heteroatoms. The van der Waals surface area contributed by atoms with Crippen LogP contribution in [-0.2, 0) is 13.2 Å². The molecule has 5 rings (SSSR count). The van der Waals surface area contributed by atoms with Crippen molar-refractivity contribution < 1.29 is 4.74 Å². The Kier molecular flexibility index (Phi) is 4.45. The van der Waals surface area contributed by atoms with E-state index in [1.54, 1.807) is 6.20 Å². The third kappa shape index (κ3) is 3.34. The number of aryl methyl sites for hydroxylation is 1. The van der Waals surface area contributed by atoms with Crippen molar-refractivity contribution in [2.75, 3.05) is 0 Å². The van der Waals surface area contributed by atoms with E-state index in [9.17, 15) is 0 Å². The van der Waals surface area contributed by atoms with Crippen molar-refractivity contribution in [3.8, 4) is 5.88 Å². The van der Waals surface area contributed by atoms with E-state index in [-0.39, 0.29) is 0 Å². The first kappa shape index (κ1) is 17.4. The van der Waals surface area contributed by atoms with Crippen LogP contribution in [0.4, 0.5) is 0 Å². The number of hydrogen-bond acceptors (Lipinski definition) is 3. The molecule has 0 saturated carbocycles. The Labute approximate surface area is 169 Å². The van der Waals surface area contributed by atoms with Gasteiger partial charge in [0.05, 0.1) is 5.69 Å². The number of rotatable bonds is 5. The standard InChI is InChI=1S/C25H21N3O/c1-18-9-11-19(12-10-18)16-28-23-8-3-2-7-21(23)22-13-15-27-25(24(22)28)29-17-20-6-4-5-14-26-20/h2-15H,16-17H2,1H3. The normalized spacial score (nSPS) is 11.2. The molecule has 0 aliphatic carbocycles. The highest BCUT2D eigenvalue weighted by Crippen LogP contribution is 2.34. The monoisotopic (exact) mass is 379 g/mol. The van der Waals surface area contributed by atoms with Gasteiger partial charge in [-0.05, 0) is 36.8 Å². The van der Waals surface area contributed by atoms with Crippen molar-refractivity contribution in [2.24, 2.45) is 0 Å². The van der Waals surface area contributed by atoms with Gasteiger partial charge >= 0.3 is 0 Å². The number of aromatic nitrogens is 3. The van der Waals surface area contributed by atoms with Crippen LogP contribution in [0.1, 0.15) is 16.8 Å². The van der Waals surface area contributed by atoms with Gasteiger partial charge in [0, 0.05) is 35.2 Å². The second-order valence-electron chi connectivity index (χ2n) is 7.21. The van der Waals surface area contributed by atoms with Crippen LogP contribution in [0.3, 0.4) is 0 Å². The molecular weight excluding hydrogens is 358 g/mol. The molecule has 3 aromatic heterocycles. The highest BCUT2D eigenvalue weighted by molar-refractivity contribution is 6.09. The van der Waals surface area contributed by atoms with Gasteiger partial charge in [0.15, 0.2) is 0 Å². The van der Waals surface area contributed by atoms with E-state index >= 15 is 0 Å². The lowest BCUT2D eigenvalue weighted by atomic mass is 10.1. The first-order chi connectivity index (χ1) is 14.3. The fraction of sp³-hybridized carbons (Fsp3) is 0.120. The molecule has 0 saturated heterocycles. The van der Waals surface area contributed by atoms with E-state index in [4.69, 9.17) is 4.74 Å². The molecule has 4 nitrogen and oxygen atoms in total. The topological polar surface area (TPSA) is 39.9 Å². The number of para-hydroxylation sites is 1. The van der Waals surface area contributed by atoms with Crippen molar-refractivity contribution in [1.29, 1.82) is 0 Å². The van der Waals surface area contributed by atoms with Gasteiger partial charge < -0.3 is 9.30 Å². The molecule has 29 heavy (non-hydrogen) atoms. The molecular formula is C25H21N3O. The molecule has 5 aromatic rings. The smallest absolute Gasteiger partial charge is 0.238 e. The van der Waals surface area contributed by atoms with Crippen LogP contribution in [0.25, 0.3) is 21.8 Å². The van der Waals surface area contributed by atoms with E-state index in [0.717, 1.165) is 23.1 Å². The second-order valence-corrected chi connectivity index (χ2v) is 7.21. The summed E-state index contributed by atoms with van der Waals surface area (Å²) in [4.78, 5) is 8.92. The number of benzene rings is 2. The van der Waals surface area contributed by atoms with Crippen LogP contribution in [0, 0.1) is 6.92 Å². The fourth-order valence-electron chi connectivity index (χ4n) is 3.74. The Balaban J connectivity index is 1.63. The molecule has 0 N–H and O–H groups in total. The lowest BCUT2D eigenvalue weighted by molar-refractivity contribution is 0.292. The van der Waals surface area contributed by atoms with E-state index in [0.29, 0.717) is 12.5 Å². The Morgan fingerprint density at radius 1 is 0.793 bits per heavy atom. The fourth-order valence-corrected chi connectivity index (χ4v) is 3.74. The zero-order chi connectivity index (χ0) is 19.6. The van der Waals surface area contributed by atoms with Gasteiger partial charge in [-0.2, -0.15) is 0 Å². The molecule has 0 amide bonds. The summed E-state index contributed by atoms with van der Waals surface area (Å²) < 4.78 is 8.44. The zero-order valence-corrected chi connectivity index (χ0v) is 16.2. The molecule has 3 heterocycles. The van der Waals surface area contributed by atoms with Crippen molar-refractivity contribution in [3.63, 3.8) is 0 Å². The third-order valence-electron chi connectivity index (χ3n) is 5.19. The van der Waals surface area contributed by atoms with Crippen LogP contribution >= 0.6 is 0 Å². The van der Waals surface area contributed by atoms with Crippen molar-refractivity contribution in [1.82, 2.24) is 14.5 Å². The average molecular weight is 379 g/mol. The minimum Gasteiger partial charge on any atom is -0.470 e. The lowest BCUT2D eigenvalue weighted by Crippen LogP contribution is -2.04. The molecule has 0 radical (unpaired) electrons. The minimum atomic E-state index is 0.388. The first-order valence-electron chi connectivity index (χ1n) is 9.74.